The SMILES string of the molecule is CC1CCC(NCC2CCN(C)C2)CC1C. The van der Waals surface area contributed by atoms with Crippen LogP contribution >= 0.6 is 0 Å². The fourth-order valence-electron chi connectivity index (χ4n) is 3.26. The molecular weight excluding hydrogens is 196 g/mol. The Labute approximate surface area is 101 Å². The molecule has 0 radical (unpaired) electrons. The van der Waals surface area contributed by atoms with Crippen LogP contribution in [0.4, 0.5) is 0 Å². The van der Waals surface area contributed by atoms with Crippen molar-refractivity contribution < 1.29 is 0 Å². The van der Waals surface area contributed by atoms with Gasteiger partial charge in [-0.2, -0.15) is 0 Å². The minimum absolute atomic E-state index is 0.803. The number of nitrogens with zero attached hydrogens (tertiary/aromatic N) is 1. The van der Waals surface area contributed by atoms with Crippen LogP contribution in [0, 0.1) is 17.8 Å². The van der Waals surface area contributed by atoms with Gasteiger partial charge in [0.1, 0.15) is 0 Å². The van der Waals surface area contributed by atoms with Crippen LogP contribution in [0.1, 0.15) is 39.5 Å². The molecule has 0 spiro atoms. The first-order valence-corrected chi connectivity index (χ1v) is 7.07. The normalized spacial score (nSPS) is 41.4. The van der Waals surface area contributed by atoms with E-state index in [9.17, 15) is 0 Å². The molecule has 2 heteroatoms. The zero-order chi connectivity index (χ0) is 11.5. The Morgan fingerprint density at radius 3 is 2.56 bits per heavy atom. The lowest BCUT2D eigenvalue weighted by molar-refractivity contribution is 0.221. The van der Waals surface area contributed by atoms with Gasteiger partial charge in [0.15, 0.2) is 0 Å². The molecule has 1 N–H and O–H groups in total. The first-order chi connectivity index (χ1) is 7.65. The number of nitrogens with one attached hydrogen (secondary N) is 1. The summed E-state index contributed by atoms with van der Waals surface area (Å²) in [5.41, 5.74) is 0. The Hall–Kier alpha value is -0.0800. The first-order valence-electron chi connectivity index (χ1n) is 7.07. The van der Waals surface area contributed by atoms with Crippen LogP contribution in [0.2, 0.25) is 0 Å². The molecule has 0 bridgehead atoms. The maximum absolute atomic E-state index is 3.81. The molecule has 4 atom stereocenters. The second-order valence-corrected chi connectivity index (χ2v) is 6.29. The van der Waals surface area contributed by atoms with E-state index in [1.807, 2.05) is 0 Å². The first kappa shape index (κ1) is 12.4. The van der Waals surface area contributed by atoms with E-state index in [2.05, 4.69) is 31.1 Å². The highest BCUT2D eigenvalue weighted by molar-refractivity contribution is 4.82. The molecule has 2 nitrogen and oxygen atoms in total. The summed E-state index contributed by atoms with van der Waals surface area (Å²) in [4.78, 5) is 2.46. The van der Waals surface area contributed by atoms with Gasteiger partial charge in [0.05, 0.1) is 0 Å². The Balaban J connectivity index is 1.66. The standard InChI is InChI=1S/C14H28N2/c1-11-4-5-14(8-12(11)2)15-9-13-6-7-16(3)10-13/h11-15H,4-10H2,1-3H3. The number of hydrogen-bond acceptors (Lipinski definition) is 2. The topological polar surface area (TPSA) is 15.3 Å². The van der Waals surface area contributed by atoms with Gasteiger partial charge >= 0.3 is 0 Å². The van der Waals surface area contributed by atoms with E-state index in [-0.39, 0.29) is 0 Å². The van der Waals surface area contributed by atoms with Gasteiger partial charge in [-0.25, -0.2) is 0 Å². The van der Waals surface area contributed by atoms with Gasteiger partial charge in [-0.3, -0.25) is 0 Å². The summed E-state index contributed by atoms with van der Waals surface area (Å²) in [7, 11) is 2.24. The van der Waals surface area contributed by atoms with Gasteiger partial charge in [-0.1, -0.05) is 13.8 Å². The molecule has 2 rings (SSSR count). The molecule has 0 aromatic rings. The lowest BCUT2D eigenvalue weighted by atomic mass is 9.79. The van der Waals surface area contributed by atoms with Crippen molar-refractivity contribution in [3.8, 4) is 0 Å². The summed E-state index contributed by atoms with van der Waals surface area (Å²) in [5, 5.41) is 3.81. The molecule has 4 unspecified atom stereocenters. The molecule has 2 aliphatic rings. The van der Waals surface area contributed by atoms with Crippen molar-refractivity contribution in [2.75, 3.05) is 26.7 Å². The lowest BCUT2D eigenvalue weighted by Crippen LogP contribution is -2.39. The minimum Gasteiger partial charge on any atom is -0.314 e. The fourth-order valence-corrected chi connectivity index (χ4v) is 3.26. The van der Waals surface area contributed by atoms with Gasteiger partial charge < -0.3 is 10.2 Å². The smallest absolute Gasteiger partial charge is 0.00699 e. The zero-order valence-electron chi connectivity index (χ0n) is 11.2. The minimum atomic E-state index is 0.803. The average molecular weight is 224 g/mol. The molecule has 1 aliphatic carbocycles. The van der Waals surface area contributed by atoms with Gasteiger partial charge in [0.2, 0.25) is 0 Å². The Kier molecular flexibility index (Phi) is 4.26. The molecule has 1 aliphatic heterocycles. The highest BCUT2D eigenvalue weighted by Gasteiger charge is 2.25. The van der Waals surface area contributed by atoms with Crippen molar-refractivity contribution in [3.05, 3.63) is 0 Å². The third-order valence-corrected chi connectivity index (χ3v) is 4.78. The Morgan fingerprint density at radius 1 is 1.12 bits per heavy atom. The maximum atomic E-state index is 3.81. The molecule has 1 saturated carbocycles. The predicted octanol–water partition coefficient (Wildman–Crippen LogP) is 2.35. The van der Waals surface area contributed by atoms with E-state index in [1.165, 1.54) is 45.3 Å². The molecule has 0 amide bonds. The summed E-state index contributed by atoms with van der Waals surface area (Å²) in [5.74, 6) is 2.76. The molecule has 1 saturated heterocycles. The number of rotatable bonds is 3. The van der Waals surface area contributed by atoms with Crippen molar-refractivity contribution in [3.63, 3.8) is 0 Å². The van der Waals surface area contributed by atoms with Crippen LogP contribution in [-0.4, -0.2) is 37.6 Å². The van der Waals surface area contributed by atoms with Crippen LogP contribution in [-0.2, 0) is 0 Å². The number of likely N-dealkylation sites (tertiary alicyclic amines) is 1. The summed E-state index contributed by atoms with van der Waals surface area (Å²) >= 11 is 0. The molecule has 0 aromatic carbocycles. The Bertz CT molecular complexity index is 217. The molecule has 2 fully saturated rings. The molecular formula is C14H28N2. The van der Waals surface area contributed by atoms with E-state index < -0.39 is 0 Å². The summed E-state index contributed by atoms with van der Waals surface area (Å²) in [6, 6.07) is 0.803. The number of hydrogen-bond donors (Lipinski definition) is 1. The van der Waals surface area contributed by atoms with E-state index in [0.29, 0.717) is 0 Å². The molecule has 16 heavy (non-hydrogen) atoms. The van der Waals surface area contributed by atoms with Crippen molar-refractivity contribution in [1.82, 2.24) is 10.2 Å². The second kappa shape index (κ2) is 5.50. The largest absolute Gasteiger partial charge is 0.314 e. The molecule has 0 aromatic heterocycles. The van der Waals surface area contributed by atoms with Crippen molar-refractivity contribution in [2.45, 2.75) is 45.6 Å². The average Bonchev–Trinajstić information content (AvgIpc) is 2.66. The van der Waals surface area contributed by atoms with Crippen molar-refractivity contribution in [2.24, 2.45) is 17.8 Å². The van der Waals surface area contributed by atoms with E-state index >= 15 is 0 Å². The highest BCUT2D eigenvalue weighted by Crippen LogP contribution is 2.29. The third kappa shape index (κ3) is 3.21. The van der Waals surface area contributed by atoms with E-state index in [1.54, 1.807) is 0 Å². The molecule has 94 valence electrons. The summed E-state index contributed by atoms with van der Waals surface area (Å²) in [6.45, 7) is 8.67. The highest BCUT2D eigenvalue weighted by atomic mass is 15.1. The maximum Gasteiger partial charge on any atom is 0.00699 e. The molecule has 1 heterocycles. The van der Waals surface area contributed by atoms with Crippen molar-refractivity contribution in [1.29, 1.82) is 0 Å². The summed E-state index contributed by atoms with van der Waals surface area (Å²) < 4.78 is 0. The summed E-state index contributed by atoms with van der Waals surface area (Å²) in [6.07, 6.45) is 5.60. The van der Waals surface area contributed by atoms with Gasteiger partial charge in [-0.05, 0) is 63.6 Å². The lowest BCUT2D eigenvalue weighted by Gasteiger charge is -2.33. The second-order valence-electron chi connectivity index (χ2n) is 6.29. The van der Waals surface area contributed by atoms with E-state index in [0.717, 1.165) is 23.8 Å². The van der Waals surface area contributed by atoms with Crippen LogP contribution in [0.15, 0.2) is 0 Å². The van der Waals surface area contributed by atoms with Crippen LogP contribution in [0.5, 0.6) is 0 Å². The van der Waals surface area contributed by atoms with Gasteiger partial charge in [0.25, 0.3) is 0 Å². The van der Waals surface area contributed by atoms with Crippen LogP contribution < -0.4 is 5.32 Å². The van der Waals surface area contributed by atoms with Gasteiger partial charge in [0, 0.05) is 12.6 Å². The predicted molar refractivity (Wildman–Crippen MR) is 69.6 cm³/mol. The van der Waals surface area contributed by atoms with Crippen LogP contribution in [0.3, 0.4) is 0 Å². The Morgan fingerprint density at radius 2 is 1.94 bits per heavy atom. The fraction of sp³-hybridized carbons (Fsp3) is 1.00. The van der Waals surface area contributed by atoms with Crippen LogP contribution in [0.25, 0.3) is 0 Å². The quantitative estimate of drug-likeness (QED) is 0.791. The monoisotopic (exact) mass is 224 g/mol. The van der Waals surface area contributed by atoms with E-state index in [4.69, 9.17) is 0 Å². The van der Waals surface area contributed by atoms with Gasteiger partial charge in [-0.15, -0.1) is 0 Å². The van der Waals surface area contributed by atoms with Crippen molar-refractivity contribution >= 4 is 0 Å². The zero-order valence-corrected chi connectivity index (χ0v) is 11.2. The third-order valence-electron chi connectivity index (χ3n) is 4.78.